The summed E-state index contributed by atoms with van der Waals surface area (Å²) in [6.45, 7) is 6.37. The fourth-order valence-electron chi connectivity index (χ4n) is 3.15. The Morgan fingerprint density at radius 2 is 2.00 bits per heavy atom. The number of carbonyl (C=O) groups excluding carboxylic acids is 1. The summed E-state index contributed by atoms with van der Waals surface area (Å²) in [6.07, 6.45) is 1.24. The second-order valence-corrected chi connectivity index (χ2v) is 6.94. The number of hydrogen-bond donors (Lipinski definition) is 2. The number of halogens is 2. The highest BCUT2D eigenvalue weighted by Crippen LogP contribution is 2.49. The molecule has 0 saturated heterocycles. The SMILES string of the molecule is CC(C)CC(C)(CN)NC(=O)C1CC1c1c(F)cccc1F. The van der Waals surface area contributed by atoms with Crippen molar-refractivity contribution in [1.82, 2.24) is 5.32 Å². The van der Waals surface area contributed by atoms with E-state index in [-0.39, 0.29) is 23.3 Å². The average Bonchev–Trinajstić information content (AvgIpc) is 3.18. The van der Waals surface area contributed by atoms with Gasteiger partial charge in [0.2, 0.25) is 5.91 Å². The maximum absolute atomic E-state index is 13.8. The van der Waals surface area contributed by atoms with Crippen LogP contribution in [0.4, 0.5) is 8.78 Å². The number of hydrogen-bond acceptors (Lipinski definition) is 2. The van der Waals surface area contributed by atoms with Crippen LogP contribution in [-0.4, -0.2) is 18.0 Å². The van der Waals surface area contributed by atoms with Gasteiger partial charge < -0.3 is 11.1 Å². The van der Waals surface area contributed by atoms with Crippen LogP contribution >= 0.6 is 0 Å². The molecule has 2 rings (SSSR count). The number of nitrogens with two attached hydrogens (primary N) is 1. The Bertz CT molecular complexity index is 541. The lowest BCUT2D eigenvalue weighted by atomic mass is 9.90. The summed E-state index contributed by atoms with van der Waals surface area (Å²) in [5.74, 6) is -1.67. The number of benzene rings is 1. The minimum Gasteiger partial charge on any atom is -0.349 e. The van der Waals surface area contributed by atoms with Crippen LogP contribution in [-0.2, 0) is 4.79 Å². The molecule has 1 aliphatic rings. The summed E-state index contributed by atoms with van der Waals surface area (Å²) in [5, 5.41) is 2.97. The highest BCUT2D eigenvalue weighted by Gasteiger charge is 2.47. The van der Waals surface area contributed by atoms with Gasteiger partial charge in [0.1, 0.15) is 11.6 Å². The molecule has 0 radical (unpaired) electrons. The van der Waals surface area contributed by atoms with Crippen molar-refractivity contribution in [2.45, 2.75) is 45.1 Å². The molecule has 1 aliphatic carbocycles. The van der Waals surface area contributed by atoms with E-state index < -0.39 is 17.2 Å². The lowest BCUT2D eigenvalue weighted by Crippen LogP contribution is -2.52. The van der Waals surface area contributed by atoms with Crippen molar-refractivity contribution in [3.05, 3.63) is 35.4 Å². The molecule has 3 N–H and O–H groups in total. The van der Waals surface area contributed by atoms with Crippen molar-refractivity contribution >= 4 is 5.91 Å². The van der Waals surface area contributed by atoms with E-state index in [9.17, 15) is 13.6 Å². The molecule has 1 amide bonds. The third-order valence-electron chi connectivity index (χ3n) is 4.23. The van der Waals surface area contributed by atoms with Crippen LogP contribution in [0.5, 0.6) is 0 Å². The fourth-order valence-corrected chi connectivity index (χ4v) is 3.15. The molecule has 0 aromatic heterocycles. The highest BCUT2D eigenvalue weighted by molar-refractivity contribution is 5.83. The van der Waals surface area contributed by atoms with E-state index in [0.29, 0.717) is 18.9 Å². The zero-order valence-electron chi connectivity index (χ0n) is 13.3. The molecule has 22 heavy (non-hydrogen) atoms. The van der Waals surface area contributed by atoms with Crippen LogP contribution in [0.25, 0.3) is 0 Å². The van der Waals surface area contributed by atoms with E-state index in [1.807, 2.05) is 6.92 Å². The van der Waals surface area contributed by atoms with Crippen molar-refractivity contribution in [3.8, 4) is 0 Å². The van der Waals surface area contributed by atoms with E-state index >= 15 is 0 Å². The first-order valence-electron chi connectivity index (χ1n) is 7.73. The molecule has 0 heterocycles. The number of carbonyl (C=O) groups is 1. The molecule has 122 valence electrons. The second-order valence-electron chi connectivity index (χ2n) is 6.94. The van der Waals surface area contributed by atoms with E-state index in [1.54, 1.807) is 0 Å². The molecule has 0 spiro atoms. The lowest BCUT2D eigenvalue weighted by Gasteiger charge is -2.31. The van der Waals surface area contributed by atoms with Gasteiger partial charge in [-0.2, -0.15) is 0 Å². The Morgan fingerprint density at radius 1 is 1.41 bits per heavy atom. The van der Waals surface area contributed by atoms with Crippen molar-refractivity contribution < 1.29 is 13.6 Å². The zero-order chi connectivity index (χ0) is 16.5. The van der Waals surface area contributed by atoms with E-state index in [2.05, 4.69) is 19.2 Å². The van der Waals surface area contributed by atoms with Crippen LogP contribution < -0.4 is 11.1 Å². The molecule has 1 aromatic rings. The molecule has 1 fully saturated rings. The highest BCUT2D eigenvalue weighted by atomic mass is 19.1. The first-order valence-corrected chi connectivity index (χ1v) is 7.73. The predicted octanol–water partition coefficient (Wildman–Crippen LogP) is 2.95. The van der Waals surface area contributed by atoms with Crippen molar-refractivity contribution in [3.63, 3.8) is 0 Å². The number of nitrogens with one attached hydrogen (secondary N) is 1. The molecule has 0 bridgehead atoms. The molecule has 5 heteroatoms. The topological polar surface area (TPSA) is 55.1 Å². The van der Waals surface area contributed by atoms with Gasteiger partial charge in [-0.15, -0.1) is 0 Å². The summed E-state index contributed by atoms with van der Waals surface area (Å²) < 4.78 is 27.5. The quantitative estimate of drug-likeness (QED) is 0.849. The van der Waals surface area contributed by atoms with Gasteiger partial charge >= 0.3 is 0 Å². The first-order chi connectivity index (χ1) is 10.3. The molecular formula is C17H24F2N2O. The standard InChI is InChI=1S/C17H24F2N2O/c1-10(2)8-17(3,9-20)21-16(22)12-7-11(12)15-13(18)5-4-6-14(15)19/h4-6,10-12H,7-9,20H2,1-3H3,(H,21,22). The maximum atomic E-state index is 13.8. The van der Waals surface area contributed by atoms with Gasteiger partial charge in [0.05, 0.1) is 0 Å². The summed E-state index contributed by atoms with van der Waals surface area (Å²) >= 11 is 0. The van der Waals surface area contributed by atoms with Gasteiger partial charge in [-0.3, -0.25) is 4.79 Å². The van der Waals surface area contributed by atoms with Crippen LogP contribution in [0.2, 0.25) is 0 Å². The molecule has 1 aromatic carbocycles. The van der Waals surface area contributed by atoms with Gasteiger partial charge in [-0.1, -0.05) is 19.9 Å². The van der Waals surface area contributed by atoms with Gasteiger partial charge in [0, 0.05) is 29.5 Å². The van der Waals surface area contributed by atoms with Gasteiger partial charge in [0.25, 0.3) is 0 Å². The Labute approximate surface area is 130 Å². The second kappa shape index (κ2) is 6.32. The largest absolute Gasteiger partial charge is 0.349 e. The van der Waals surface area contributed by atoms with E-state index in [4.69, 9.17) is 5.73 Å². The number of amides is 1. The molecule has 3 atom stereocenters. The number of rotatable bonds is 6. The molecule has 3 unspecified atom stereocenters. The minimum atomic E-state index is -0.580. The molecule has 3 nitrogen and oxygen atoms in total. The van der Waals surface area contributed by atoms with Crippen molar-refractivity contribution in [2.75, 3.05) is 6.54 Å². The summed E-state index contributed by atoms with van der Waals surface area (Å²) in [6, 6.07) is 3.79. The summed E-state index contributed by atoms with van der Waals surface area (Å²) in [4.78, 5) is 12.4. The smallest absolute Gasteiger partial charge is 0.224 e. The van der Waals surface area contributed by atoms with Gasteiger partial charge in [-0.05, 0) is 37.8 Å². The van der Waals surface area contributed by atoms with Crippen LogP contribution in [0.15, 0.2) is 18.2 Å². The normalized spacial score (nSPS) is 23.2. The molecule has 1 saturated carbocycles. The van der Waals surface area contributed by atoms with Crippen molar-refractivity contribution in [2.24, 2.45) is 17.6 Å². The third-order valence-corrected chi connectivity index (χ3v) is 4.23. The Kier molecular flexibility index (Phi) is 4.85. The molecule has 0 aliphatic heterocycles. The van der Waals surface area contributed by atoms with Gasteiger partial charge in [-0.25, -0.2) is 8.78 Å². The lowest BCUT2D eigenvalue weighted by molar-refractivity contribution is -0.124. The Hall–Kier alpha value is -1.49. The third kappa shape index (κ3) is 3.64. The van der Waals surface area contributed by atoms with Crippen LogP contribution in [0.1, 0.15) is 45.1 Å². The zero-order valence-corrected chi connectivity index (χ0v) is 13.3. The Balaban J connectivity index is 2.04. The fraction of sp³-hybridized carbons (Fsp3) is 0.588. The molecular weight excluding hydrogens is 286 g/mol. The average molecular weight is 310 g/mol. The summed E-state index contributed by atoms with van der Waals surface area (Å²) in [5.41, 5.74) is 5.33. The minimum absolute atomic E-state index is 0.0287. The first kappa shape index (κ1) is 16.9. The van der Waals surface area contributed by atoms with Crippen LogP contribution in [0.3, 0.4) is 0 Å². The van der Waals surface area contributed by atoms with Crippen LogP contribution in [0, 0.1) is 23.5 Å². The summed E-state index contributed by atoms with van der Waals surface area (Å²) in [7, 11) is 0. The van der Waals surface area contributed by atoms with Crippen molar-refractivity contribution in [1.29, 1.82) is 0 Å². The van der Waals surface area contributed by atoms with Gasteiger partial charge in [0.15, 0.2) is 0 Å². The van der Waals surface area contributed by atoms with E-state index in [0.717, 1.165) is 6.42 Å². The predicted molar refractivity (Wildman–Crippen MR) is 82.3 cm³/mol. The Morgan fingerprint density at radius 3 is 2.50 bits per heavy atom. The monoisotopic (exact) mass is 310 g/mol. The van der Waals surface area contributed by atoms with E-state index in [1.165, 1.54) is 18.2 Å². The maximum Gasteiger partial charge on any atom is 0.224 e.